The van der Waals surface area contributed by atoms with Gasteiger partial charge in [0.15, 0.2) is 0 Å². The highest BCUT2D eigenvalue weighted by atomic mass is 79.9. The molecule has 2 rings (SSSR count). The van der Waals surface area contributed by atoms with Crippen LogP contribution in [-0.4, -0.2) is 32.6 Å². The minimum absolute atomic E-state index is 0.215. The van der Waals surface area contributed by atoms with Crippen molar-refractivity contribution in [3.63, 3.8) is 0 Å². The monoisotopic (exact) mass is 355 g/mol. The average Bonchev–Trinajstić information content (AvgIpc) is 2.61. The Morgan fingerprint density at radius 2 is 2.14 bits per heavy atom. The maximum absolute atomic E-state index is 12.6. The van der Waals surface area contributed by atoms with Gasteiger partial charge in [0, 0.05) is 12.6 Å². The molecule has 6 heteroatoms. The highest BCUT2D eigenvalue weighted by molar-refractivity contribution is 9.10. The Morgan fingerprint density at radius 1 is 1.43 bits per heavy atom. The summed E-state index contributed by atoms with van der Waals surface area (Å²) in [7, 11) is 2.89. The summed E-state index contributed by atoms with van der Waals surface area (Å²) in [6, 6.07) is 3.78. The molecule has 0 aliphatic carbocycles. The largest absolute Gasteiger partial charge is 0.495 e. The lowest BCUT2D eigenvalue weighted by Crippen LogP contribution is -2.39. The van der Waals surface area contributed by atoms with Gasteiger partial charge in [0.2, 0.25) is 5.91 Å². The second-order valence-electron chi connectivity index (χ2n) is 4.81. The Hall–Kier alpha value is -1.56. The Balaban J connectivity index is 2.49. The number of ether oxygens (including phenoxy) is 2. The lowest BCUT2D eigenvalue weighted by Gasteiger charge is -2.24. The summed E-state index contributed by atoms with van der Waals surface area (Å²) in [5.74, 6) is -0.770. The molecule has 5 nitrogen and oxygen atoms in total. The zero-order chi connectivity index (χ0) is 15.6. The molecule has 0 fully saturated rings. The number of aryl methyl sites for hydroxylation is 1. The molecule has 1 aromatic carbocycles. The summed E-state index contributed by atoms with van der Waals surface area (Å²) >= 11 is 3.46. The molecular weight excluding hydrogens is 338 g/mol. The highest BCUT2D eigenvalue weighted by Gasteiger charge is 2.35. The molecule has 0 spiro atoms. The lowest BCUT2D eigenvalue weighted by molar-refractivity contribution is -0.149. The molecule has 0 aromatic heterocycles. The number of carbonyl (C=O) groups is 2. The average molecular weight is 356 g/mol. The van der Waals surface area contributed by atoms with E-state index in [9.17, 15) is 9.59 Å². The Bertz CT molecular complexity index is 573. The summed E-state index contributed by atoms with van der Waals surface area (Å²) in [6.45, 7) is 2.37. The molecular formula is C15H18BrNO4. The predicted molar refractivity (Wildman–Crippen MR) is 82.5 cm³/mol. The Labute approximate surface area is 132 Å². The van der Waals surface area contributed by atoms with Gasteiger partial charge in [-0.25, -0.2) is 0 Å². The third-order valence-corrected chi connectivity index (χ3v) is 4.33. The maximum Gasteiger partial charge on any atom is 0.318 e. The number of benzene rings is 1. The van der Waals surface area contributed by atoms with Crippen LogP contribution in [0.2, 0.25) is 0 Å². The van der Waals surface area contributed by atoms with Crippen LogP contribution in [-0.2, 0) is 20.7 Å². The molecule has 1 heterocycles. The number of amides is 1. The first-order valence-electron chi connectivity index (χ1n) is 6.79. The van der Waals surface area contributed by atoms with Crippen LogP contribution >= 0.6 is 15.9 Å². The summed E-state index contributed by atoms with van der Waals surface area (Å²) in [6.07, 6.45) is 1.09. The molecule has 0 radical (unpaired) electrons. The molecule has 1 amide bonds. The van der Waals surface area contributed by atoms with Gasteiger partial charge in [0.25, 0.3) is 0 Å². The van der Waals surface area contributed by atoms with E-state index in [1.807, 2.05) is 19.1 Å². The van der Waals surface area contributed by atoms with E-state index in [-0.39, 0.29) is 5.91 Å². The standard InChI is InChI=1S/C15H18BrNO4/c1-4-17-12-8-13(20-2)11(16)7-9(12)5-6-10(14(17)18)15(19)21-3/h7-8,10H,4-6H2,1-3H3/t10-/m1/s1. The van der Waals surface area contributed by atoms with Crippen molar-refractivity contribution in [3.8, 4) is 5.75 Å². The quantitative estimate of drug-likeness (QED) is 0.617. The molecule has 114 valence electrons. The maximum atomic E-state index is 12.6. The van der Waals surface area contributed by atoms with Gasteiger partial charge < -0.3 is 14.4 Å². The molecule has 0 bridgehead atoms. The number of nitrogens with zero attached hydrogens (tertiary/aromatic N) is 1. The third-order valence-electron chi connectivity index (χ3n) is 3.71. The number of fused-ring (bicyclic) bond motifs is 1. The van der Waals surface area contributed by atoms with Crippen molar-refractivity contribution in [1.29, 1.82) is 0 Å². The topological polar surface area (TPSA) is 55.8 Å². The molecule has 1 aliphatic heterocycles. The van der Waals surface area contributed by atoms with Crippen LogP contribution < -0.4 is 9.64 Å². The van der Waals surface area contributed by atoms with Gasteiger partial charge in [-0.1, -0.05) is 0 Å². The third kappa shape index (κ3) is 2.90. The summed E-state index contributed by atoms with van der Waals surface area (Å²) in [4.78, 5) is 26.0. The number of methoxy groups -OCH3 is 2. The van der Waals surface area contributed by atoms with E-state index in [2.05, 4.69) is 15.9 Å². The van der Waals surface area contributed by atoms with E-state index in [0.29, 0.717) is 25.1 Å². The van der Waals surface area contributed by atoms with Gasteiger partial charge >= 0.3 is 5.97 Å². The van der Waals surface area contributed by atoms with Crippen LogP contribution in [0, 0.1) is 5.92 Å². The number of esters is 1. The number of hydrogen-bond donors (Lipinski definition) is 0. The number of rotatable bonds is 3. The van der Waals surface area contributed by atoms with Crippen molar-refractivity contribution in [3.05, 3.63) is 22.2 Å². The van der Waals surface area contributed by atoms with E-state index >= 15 is 0 Å². The summed E-state index contributed by atoms with van der Waals surface area (Å²) in [5, 5.41) is 0. The minimum Gasteiger partial charge on any atom is -0.495 e. The predicted octanol–water partition coefficient (Wildman–Crippen LogP) is 2.55. The number of halogens is 1. The van der Waals surface area contributed by atoms with E-state index in [1.54, 1.807) is 12.0 Å². The molecule has 1 aliphatic rings. The number of hydrogen-bond acceptors (Lipinski definition) is 4. The molecule has 21 heavy (non-hydrogen) atoms. The van der Waals surface area contributed by atoms with Crippen LogP contribution in [0.1, 0.15) is 18.9 Å². The molecule has 0 saturated heterocycles. The lowest BCUT2D eigenvalue weighted by atomic mass is 10.0. The van der Waals surface area contributed by atoms with Crippen LogP contribution in [0.5, 0.6) is 5.75 Å². The molecule has 0 saturated carbocycles. The fourth-order valence-corrected chi connectivity index (χ4v) is 3.16. The molecule has 1 atom stereocenters. The van der Waals surface area contributed by atoms with Gasteiger partial charge in [0.1, 0.15) is 11.7 Å². The Morgan fingerprint density at radius 3 is 2.71 bits per heavy atom. The first-order chi connectivity index (χ1) is 10.0. The second-order valence-corrected chi connectivity index (χ2v) is 5.67. The first-order valence-corrected chi connectivity index (χ1v) is 7.58. The van der Waals surface area contributed by atoms with E-state index in [4.69, 9.17) is 9.47 Å². The normalized spacial score (nSPS) is 18.0. The fraction of sp³-hybridized carbons (Fsp3) is 0.467. The summed E-state index contributed by atoms with van der Waals surface area (Å²) < 4.78 is 10.9. The minimum atomic E-state index is -0.743. The van der Waals surface area contributed by atoms with Crippen molar-refractivity contribution >= 4 is 33.5 Å². The van der Waals surface area contributed by atoms with Crippen LogP contribution in [0.15, 0.2) is 16.6 Å². The van der Waals surface area contributed by atoms with Gasteiger partial charge in [-0.05, 0) is 47.3 Å². The first kappa shape index (κ1) is 15.8. The smallest absolute Gasteiger partial charge is 0.318 e. The van der Waals surface area contributed by atoms with Crippen molar-refractivity contribution in [2.24, 2.45) is 5.92 Å². The van der Waals surface area contributed by atoms with E-state index < -0.39 is 11.9 Å². The van der Waals surface area contributed by atoms with Gasteiger partial charge in [0.05, 0.1) is 24.4 Å². The zero-order valence-electron chi connectivity index (χ0n) is 12.3. The molecule has 0 unspecified atom stereocenters. The number of anilines is 1. The van der Waals surface area contributed by atoms with E-state index in [0.717, 1.165) is 15.7 Å². The van der Waals surface area contributed by atoms with Crippen molar-refractivity contribution in [1.82, 2.24) is 0 Å². The van der Waals surface area contributed by atoms with Crippen molar-refractivity contribution < 1.29 is 19.1 Å². The van der Waals surface area contributed by atoms with Crippen LogP contribution in [0.3, 0.4) is 0 Å². The Kier molecular flexibility index (Phi) is 4.88. The SMILES string of the molecule is CCN1C(=O)[C@H](C(=O)OC)CCc2cc(Br)c(OC)cc21. The second kappa shape index (κ2) is 6.47. The molecule has 0 N–H and O–H groups in total. The number of carbonyl (C=O) groups excluding carboxylic acids is 2. The van der Waals surface area contributed by atoms with Gasteiger partial charge in [-0.3, -0.25) is 9.59 Å². The zero-order valence-corrected chi connectivity index (χ0v) is 13.9. The molecule has 1 aromatic rings. The summed E-state index contributed by atoms with van der Waals surface area (Å²) in [5.41, 5.74) is 1.82. The van der Waals surface area contributed by atoms with Crippen molar-refractivity contribution in [2.45, 2.75) is 19.8 Å². The van der Waals surface area contributed by atoms with Gasteiger partial charge in [-0.2, -0.15) is 0 Å². The van der Waals surface area contributed by atoms with E-state index in [1.165, 1.54) is 7.11 Å². The highest BCUT2D eigenvalue weighted by Crippen LogP contribution is 2.37. The van der Waals surface area contributed by atoms with Gasteiger partial charge in [-0.15, -0.1) is 0 Å². The van der Waals surface area contributed by atoms with Crippen molar-refractivity contribution in [2.75, 3.05) is 25.7 Å². The fourth-order valence-electron chi connectivity index (χ4n) is 2.61. The van der Waals surface area contributed by atoms with Crippen LogP contribution in [0.25, 0.3) is 0 Å². The van der Waals surface area contributed by atoms with Crippen LogP contribution in [0.4, 0.5) is 5.69 Å².